The number of hydrogen-bond acceptors (Lipinski definition) is 5. The van der Waals surface area contributed by atoms with Crippen LogP contribution in [0.2, 0.25) is 5.02 Å². The highest BCUT2D eigenvalue weighted by Crippen LogP contribution is 2.22. The number of carbonyl (C=O) groups is 2. The molecule has 0 aliphatic rings. The lowest BCUT2D eigenvalue weighted by atomic mass is 10.1. The number of rotatable bonds is 8. The lowest BCUT2D eigenvalue weighted by Gasteiger charge is -2.14. The maximum atomic E-state index is 13.4. The molecule has 0 fully saturated rings. The third kappa shape index (κ3) is 6.75. The Hall–Kier alpha value is -3.69. The summed E-state index contributed by atoms with van der Waals surface area (Å²) in [4.78, 5) is 42.8. The first kappa shape index (κ1) is 26.4. The summed E-state index contributed by atoms with van der Waals surface area (Å²) in [6.45, 7) is 3.95. The van der Waals surface area contributed by atoms with Gasteiger partial charge < -0.3 is 10.6 Å². The van der Waals surface area contributed by atoms with Crippen LogP contribution in [0.1, 0.15) is 29.8 Å². The van der Waals surface area contributed by atoms with Crippen molar-refractivity contribution in [3.63, 3.8) is 0 Å². The lowest BCUT2D eigenvalue weighted by Crippen LogP contribution is -2.30. The maximum absolute atomic E-state index is 13.4. The first-order valence-corrected chi connectivity index (χ1v) is 12.8. The van der Waals surface area contributed by atoms with Gasteiger partial charge in [0.2, 0.25) is 5.91 Å². The molecular formula is C27H24ClFN4O3S. The van der Waals surface area contributed by atoms with Gasteiger partial charge in [-0.3, -0.25) is 19.0 Å². The number of aromatic nitrogens is 2. The van der Waals surface area contributed by atoms with Gasteiger partial charge in [0, 0.05) is 22.3 Å². The van der Waals surface area contributed by atoms with Crippen molar-refractivity contribution >= 4 is 51.8 Å². The topological polar surface area (TPSA) is 93.1 Å². The van der Waals surface area contributed by atoms with Crippen molar-refractivity contribution in [1.29, 1.82) is 0 Å². The third-order valence-corrected chi connectivity index (χ3v) is 6.53. The fourth-order valence-electron chi connectivity index (χ4n) is 3.57. The number of fused-ring (bicyclic) bond motifs is 1. The highest BCUT2D eigenvalue weighted by molar-refractivity contribution is 7.99. The van der Waals surface area contributed by atoms with E-state index < -0.39 is 5.82 Å². The number of halogens is 2. The van der Waals surface area contributed by atoms with Crippen molar-refractivity contribution < 1.29 is 14.0 Å². The third-order valence-electron chi connectivity index (χ3n) is 5.32. The standard InChI is InChI=1S/C27H24ClFN4O3S/c1-16(2)30-25(35)18-5-3-17(4-6-18)14-33-26(36)22-13-19(28)7-12-23(22)32-27(33)37-15-24(34)31-21-10-8-20(29)9-11-21/h3-13,16H,14-15H2,1-2H3,(H,30,35)(H,31,34). The van der Waals surface area contributed by atoms with Gasteiger partial charge in [-0.15, -0.1) is 0 Å². The van der Waals surface area contributed by atoms with Crippen molar-refractivity contribution in [1.82, 2.24) is 14.9 Å². The summed E-state index contributed by atoms with van der Waals surface area (Å²) in [7, 11) is 0. The van der Waals surface area contributed by atoms with Gasteiger partial charge in [0.05, 0.1) is 23.2 Å². The van der Waals surface area contributed by atoms with Gasteiger partial charge in [-0.1, -0.05) is 35.5 Å². The molecule has 4 rings (SSSR count). The Labute approximate surface area is 222 Å². The normalized spacial score (nSPS) is 11.1. The molecule has 2 amide bonds. The van der Waals surface area contributed by atoms with Crippen LogP contribution in [0, 0.1) is 5.82 Å². The van der Waals surface area contributed by atoms with E-state index in [4.69, 9.17) is 11.6 Å². The molecule has 0 aliphatic carbocycles. The quantitative estimate of drug-likeness (QED) is 0.240. The Morgan fingerprint density at radius 1 is 1.05 bits per heavy atom. The fraction of sp³-hybridized carbons (Fsp3) is 0.185. The van der Waals surface area contributed by atoms with E-state index in [1.54, 1.807) is 42.5 Å². The smallest absolute Gasteiger partial charge is 0.262 e. The van der Waals surface area contributed by atoms with Crippen LogP contribution < -0.4 is 16.2 Å². The van der Waals surface area contributed by atoms with E-state index in [-0.39, 0.29) is 35.7 Å². The molecule has 0 unspecified atom stereocenters. The summed E-state index contributed by atoms with van der Waals surface area (Å²) in [6, 6.07) is 17.3. The molecule has 37 heavy (non-hydrogen) atoms. The summed E-state index contributed by atoms with van der Waals surface area (Å²) in [5.41, 5.74) is 1.93. The van der Waals surface area contributed by atoms with E-state index in [0.29, 0.717) is 32.3 Å². The van der Waals surface area contributed by atoms with Gasteiger partial charge in [-0.2, -0.15) is 0 Å². The molecular weight excluding hydrogens is 515 g/mol. The minimum Gasteiger partial charge on any atom is -0.350 e. The Morgan fingerprint density at radius 2 is 1.76 bits per heavy atom. The number of thioether (sulfide) groups is 1. The molecule has 1 aromatic heterocycles. The second kappa shape index (κ2) is 11.6. The number of hydrogen-bond donors (Lipinski definition) is 2. The largest absolute Gasteiger partial charge is 0.350 e. The van der Waals surface area contributed by atoms with E-state index in [0.717, 1.165) is 17.3 Å². The Balaban J connectivity index is 1.59. The molecule has 4 aromatic rings. The van der Waals surface area contributed by atoms with Crippen LogP contribution in [0.3, 0.4) is 0 Å². The highest BCUT2D eigenvalue weighted by Gasteiger charge is 2.15. The second-order valence-corrected chi connectivity index (χ2v) is 9.99. The molecule has 0 spiro atoms. The zero-order chi connectivity index (χ0) is 26.5. The molecule has 1 heterocycles. The molecule has 0 atom stereocenters. The maximum Gasteiger partial charge on any atom is 0.262 e. The number of amides is 2. The predicted octanol–water partition coefficient (Wildman–Crippen LogP) is 5.11. The zero-order valence-corrected chi connectivity index (χ0v) is 21.7. The number of nitrogens with zero attached hydrogens (tertiary/aromatic N) is 2. The van der Waals surface area contributed by atoms with E-state index in [9.17, 15) is 18.8 Å². The van der Waals surface area contributed by atoms with E-state index in [1.807, 2.05) is 13.8 Å². The molecule has 0 radical (unpaired) electrons. The summed E-state index contributed by atoms with van der Waals surface area (Å²) in [5, 5.41) is 6.68. The molecule has 0 saturated heterocycles. The van der Waals surface area contributed by atoms with Gasteiger partial charge in [0.15, 0.2) is 5.16 Å². The second-order valence-electron chi connectivity index (χ2n) is 8.62. The first-order valence-electron chi connectivity index (χ1n) is 11.5. The minimum absolute atomic E-state index is 0.0149. The van der Waals surface area contributed by atoms with Crippen LogP contribution in [0.15, 0.2) is 76.7 Å². The number of carbonyl (C=O) groups excluding carboxylic acids is 2. The lowest BCUT2D eigenvalue weighted by molar-refractivity contribution is -0.113. The van der Waals surface area contributed by atoms with Crippen molar-refractivity contribution in [2.75, 3.05) is 11.1 Å². The number of benzene rings is 3. The number of nitrogens with one attached hydrogen (secondary N) is 2. The Kier molecular flexibility index (Phi) is 8.25. The average Bonchev–Trinajstić information content (AvgIpc) is 2.86. The SMILES string of the molecule is CC(C)NC(=O)c1ccc(Cn2c(SCC(=O)Nc3ccc(F)cc3)nc3ccc(Cl)cc3c2=O)cc1. The molecule has 7 nitrogen and oxygen atoms in total. The molecule has 0 bridgehead atoms. The Bertz CT molecular complexity index is 1510. The van der Waals surface area contributed by atoms with Crippen molar-refractivity contribution in [2.45, 2.75) is 31.6 Å². The molecule has 0 aliphatic heterocycles. The molecule has 3 aromatic carbocycles. The van der Waals surface area contributed by atoms with Crippen molar-refractivity contribution in [2.24, 2.45) is 0 Å². The minimum atomic E-state index is -0.398. The van der Waals surface area contributed by atoms with Gasteiger partial charge in [0.1, 0.15) is 5.82 Å². The van der Waals surface area contributed by atoms with Crippen LogP contribution in [-0.2, 0) is 11.3 Å². The van der Waals surface area contributed by atoms with Gasteiger partial charge in [-0.25, -0.2) is 9.37 Å². The van der Waals surface area contributed by atoms with Gasteiger partial charge in [0.25, 0.3) is 11.5 Å². The molecule has 2 N–H and O–H groups in total. The van der Waals surface area contributed by atoms with Crippen molar-refractivity contribution in [3.05, 3.63) is 99.1 Å². The van der Waals surface area contributed by atoms with Gasteiger partial charge in [-0.05, 0) is 74.0 Å². The van der Waals surface area contributed by atoms with Gasteiger partial charge >= 0.3 is 0 Å². The van der Waals surface area contributed by atoms with E-state index >= 15 is 0 Å². The van der Waals surface area contributed by atoms with Crippen LogP contribution in [0.4, 0.5) is 10.1 Å². The highest BCUT2D eigenvalue weighted by atomic mass is 35.5. The van der Waals surface area contributed by atoms with Crippen molar-refractivity contribution in [3.8, 4) is 0 Å². The zero-order valence-electron chi connectivity index (χ0n) is 20.1. The average molecular weight is 539 g/mol. The molecule has 10 heteroatoms. The predicted molar refractivity (Wildman–Crippen MR) is 145 cm³/mol. The molecule has 0 saturated carbocycles. The summed E-state index contributed by atoms with van der Waals surface area (Å²) in [5.74, 6) is -0.916. The van der Waals surface area contributed by atoms with Crippen LogP contribution in [0.25, 0.3) is 10.9 Å². The summed E-state index contributed by atoms with van der Waals surface area (Å²) in [6.07, 6.45) is 0. The van der Waals surface area contributed by atoms with Crippen LogP contribution in [0.5, 0.6) is 0 Å². The molecule has 190 valence electrons. The summed E-state index contributed by atoms with van der Waals surface area (Å²) >= 11 is 7.23. The van der Waals surface area contributed by atoms with Crippen LogP contribution in [-0.4, -0.2) is 33.2 Å². The fourth-order valence-corrected chi connectivity index (χ4v) is 4.54. The number of anilines is 1. The van der Waals surface area contributed by atoms with Crippen LogP contribution >= 0.6 is 23.4 Å². The summed E-state index contributed by atoms with van der Waals surface area (Å²) < 4.78 is 14.6. The first-order chi connectivity index (χ1) is 17.7. The van der Waals surface area contributed by atoms with E-state index in [2.05, 4.69) is 15.6 Å². The Morgan fingerprint density at radius 3 is 2.43 bits per heavy atom. The van der Waals surface area contributed by atoms with E-state index in [1.165, 1.54) is 28.8 Å². The monoisotopic (exact) mass is 538 g/mol.